The molecule has 0 unspecified atom stereocenters. The topological polar surface area (TPSA) is 67.9 Å². The number of methoxy groups -OCH3 is 1. The monoisotopic (exact) mass is 492 g/mol. The lowest BCUT2D eigenvalue weighted by molar-refractivity contribution is -0.142. The van der Waals surface area contributed by atoms with Gasteiger partial charge in [-0.1, -0.05) is 61.9 Å². The van der Waals surface area contributed by atoms with E-state index in [4.69, 9.17) is 9.47 Å². The van der Waals surface area contributed by atoms with Crippen molar-refractivity contribution in [1.29, 1.82) is 0 Å². The maximum Gasteiger partial charge on any atom is 0.261 e. The molecule has 0 radical (unpaired) electrons. The van der Waals surface area contributed by atoms with Crippen LogP contribution in [0.1, 0.15) is 30.9 Å². The van der Waals surface area contributed by atoms with Crippen molar-refractivity contribution in [2.75, 3.05) is 20.3 Å². The average Bonchev–Trinajstić information content (AvgIpc) is 2.91. The molecular formula is C29H33FN2O4. The van der Waals surface area contributed by atoms with Crippen LogP contribution in [0.2, 0.25) is 0 Å². The molecule has 0 spiro atoms. The van der Waals surface area contributed by atoms with E-state index in [9.17, 15) is 14.0 Å². The van der Waals surface area contributed by atoms with Crippen molar-refractivity contribution in [3.8, 4) is 11.5 Å². The van der Waals surface area contributed by atoms with Gasteiger partial charge < -0.3 is 19.7 Å². The predicted molar refractivity (Wildman–Crippen MR) is 137 cm³/mol. The Morgan fingerprint density at radius 2 is 1.61 bits per heavy atom. The van der Waals surface area contributed by atoms with Gasteiger partial charge in [0.2, 0.25) is 5.91 Å². The molecule has 0 bridgehead atoms. The number of nitrogens with one attached hydrogen (secondary N) is 1. The molecule has 0 heterocycles. The maximum absolute atomic E-state index is 14.6. The summed E-state index contributed by atoms with van der Waals surface area (Å²) in [6, 6.07) is 21.8. The Kier molecular flexibility index (Phi) is 10.3. The number of nitrogens with zero attached hydrogens (tertiary/aromatic N) is 1. The van der Waals surface area contributed by atoms with Crippen molar-refractivity contribution in [1.82, 2.24) is 10.2 Å². The lowest BCUT2D eigenvalue weighted by Gasteiger charge is -2.31. The molecule has 0 aromatic heterocycles. The zero-order valence-electron chi connectivity index (χ0n) is 20.8. The van der Waals surface area contributed by atoms with E-state index in [2.05, 4.69) is 5.32 Å². The number of hydrogen-bond donors (Lipinski definition) is 1. The number of benzene rings is 3. The number of carbonyl (C=O) groups excluding carboxylic acids is 2. The van der Waals surface area contributed by atoms with Crippen LogP contribution in [0.4, 0.5) is 4.39 Å². The van der Waals surface area contributed by atoms with Crippen molar-refractivity contribution in [3.63, 3.8) is 0 Å². The molecule has 2 amide bonds. The second kappa shape index (κ2) is 13.9. The standard InChI is InChI=1S/C29H33FN2O4/c1-3-4-18-31-29(34)27(19-22-10-6-5-7-11-22)32(20-23-12-8-9-13-26(23)30)28(33)21-36-25-16-14-24(35-2)15-17-25/h5-17,27H,3-4,18-21H2,1-2H3,(H,31,34)/t27-/m1/s1. The van der Waals surface area contributed by atoms with E-state index in [0.717, 1.165) is 18.4 Å². The predicted octanol–water partition coefficient (Wildman–Crippen LogP) is 4.77. The molecule has 0 aliphatic carbocycles. The van der Waals surface area contributed by atoms with Gasteiger partial charge in [0, 0.05) is 25.1 Å². The van der Waals surface area contributed by atoms with E-state index in [1.165, 1.54) is 11.0 Å². The van der Waals surface area contributed by atoms with Crippen molar-refractivity contribution >= 4 is 11.8 Å². The second-order valence-corrected chi connectivity index (χ2v) is 8.43. The summed E-state index contributed by atoms with van der Waals surface area (Å²) in [6.07, 6.45) is 2.05. The Balaban J connectivity index is 1.87. The molecule has 0 aliphatic rings. The number of ether oxygens (including phenoxy) is 2. The highest BCUT2D eigenvalue weighted by Crippen LogP contribution is 2.19. The SMILES string of the molecule is CCCCNC(=O)[C@@H](Cc1ccccc1)N(Cc1ccccc1F)C(=O)COc1ccc(OC)cc1. The van der Waals surface area contributed by atoms with Gasteiger partial charge in [0.1, 0.15) is 23.4 Å². The van der Waals surface area contributed by atoms with Crippen molar-refractivity contribution in [2.24, 2.45) is 0 Å². The van der Waals surface area contributed by atoms with Crippen LogP contribution in [-0.4, -0.2) is 43.0 Å². The first kappa shape index (κ1) is 26.7. The molecule has 1 N–H and O–H groups in total. The number of halogens is 1. The molecule has 3 aromatic rings. The third-order valence-electron chi connectivity index (χ3n) is 5.82. The first-order chi connectivity index (χ1) is 17.5. The number of amides is 2. The maximum atomic E-state index is 14.6. The van der Waals surface area contributed by atoms with Crippen LogP contribution in [0, 0.1) is 5.82 Å². The minimum atomic E-state index is -0.837. The number of carbonyl (C=O) groups is 2. The highest BCUT2D eigenvalue weighted by Gasteiger charge is 2.31. The molecule has 0 fully saturated rings. The van der Waals surface area contributed by atoms with E-state index in [0.29, 0.717) is 30.0 Å². The number of unbranched alkanes of at least 4 members (excludes halogenated alkanes) is 1. The highest BCUT2D eigenvalue weighted by molar-refractivity contribution is 5.88. The van der Waals surface area contributed by atoms with Gasteiger partial charge in [0.05, 0.1) is 7.11 Å². The summed E-state index contributed by atoms with van der Waals surface area (Å²) in [5.41, 5.74) is 1.23. The summed E-state index contributed by atoms with van der Waals surface area (Å²) < 4.78 is 25.5. The second-order valence-electron chi connectivity index (χ2n) is 8.43. The van der Waals surface area contributed by atoms with Gasteiger partial charge in [-0.05, 0) is 42.3 Å². The summed E-state index contributed by atoms with van der Waals surface area (Å²) in [5.74, 6) is 0.0295. The van der Waals surface area contributed by atoms with Gasteiger partial charge in [-0.25, -0.2) is 4.39 Å². The van der Waals surface area contributed by atoms with Crippen LogP contribution >= 0.6 is 0 Å². The Labute approximate surface area is 212 Å². The molecule has 36 heavy (non-hydrogen) atoms. The first-order valence-electron chi connectivity index (χ1n) is 12.1. The van der Waals surface area contributed by atoms with Gasteiger partial charge in [-0.3, -0.25) is 9.59 Å². The third-order valence-corrected chi connectivity index (χ3v) is 5.82. The smallest absolute Gasteiger partial charge is 0.261 e. The van der Waals surface area contributed by atoms with Gasteiger partial charge in [0.25, 0.3) is 5.91 Å². The average molecular weight is 493 g/mol. The number of hydrogen-bond acceptors (Lipinski definition) is 4. The third kappa shape index (κ3) is 7.83. The van der Waals surface area contributed by atoms with E-state index < -0.39 is 17.8 Å². The van der Waals surface area contributed by atoms with Gasteiger partial charge >= 0.3 is 0 Å². The van der Waals surface area contributed by atoms with Gasteiger partial charge in [-0.15, -0.1) is 0 Å². The largest absolute Gasteiger partial charge is 0.497 e. The Morgan fingerprint density at radius 3 is 2.28 bits per heavy atom. The lowest BCUT2D eigenvalue weighted by Crippen LogP contribution is -2.52. The molecule has 0 saturated carbocycles. The van der Waals surface area contributed by atoms with Crippen molar-refractivity contribution in [2.45, 2.75) is 38.8 Å². The van der Waals surface area contributed by atoms with Crippen molar-refractivity contribution < 1.29 is 23.5 Å². The van der Waals surface area contributed by atoms with E-state index in [1.807, 2.05) is 37.3 Å². The van der Waals surface area contributed by atoms with Crippen LogP contribution in [0.15, 0.2) is 78.9 Å². The summed E-state index contributed by atoms with van der Waals surface area (Å²) in [5, 5.41) is 2.94. The molecule has 1 atom stereocenters. The fourth-order valence-corrected chi connectivity index (χ4v) is 3.77. The Hall–Kier alpha value is -3.87. The molecule has 0 aliphatic heterocycles. The van der Waals surface area contributed by atoms with Crippen LogP contribution in [0.25, 0.3) is 0 Å². The molecule has 7 heteroatoms. The van der Waals surface area contributed by atoms with Crippen LogP contribution in [0.5, 0.6) is 11.5 Å². The van der Waals surface area contributed by atoms with Gasteiger partial charge in [-0.2, -0.15) is 0 Å². The normalized spacial score (nSPS) is 11.4. The molecule has 190 valence electrons. The summed E-state index contributed by atoms with van der Waals surface area (Å²) in [6.45, 7) is 2.19. The van der Waals surface area contributed by atoms with E-state index in [-0.39, 0.29) is 19.1 Å². The first-order valence-corrected chi connectivity index (χ1v) is 12.1. The molecule has 3 aromatic carbocycles. The van der Waals surface area contributed by atoms with Crippen LogP contribution in [-0.2, 0) is 22.6 Å². The minimum absolute atomic E-state index is 0.0593. The quantitative estimate of drug-likeness (QED) is 0.349. The summed E-state index contributed by atoms with van der Waals surface area (Å²) in [4.78, 5) is 28.2. The van der Waals surface area contributed by atoms with E-state index in [1.54, 1.807) is 49.6 Å². The summed E-state index contributed by atoms with van der Waals surface area (Å²) >= 11 is 0. The van der Waals surface area contributed by atoms with Crippen LogP contribution < -0.4 is 14.8 Å². The minimum Gasteiger partial charge on any atom is -0.497 e. The van der Waals surface area contributed by atoms with Crippen LogP contribution in [0.3, 0.4) is 0 Å². The Morgan fingerprint density at radius 1 is 0.944 bits per heavy atom. The lowest BCUT2D eigenvalue weighted by atomic mass is 10.0. The highest BCUT2D eigenvalue weighted by atomic mass is 19.1. The molecule has 0 saturated heterocycles. The molecule has 3 rings (SSSR count). The molecule has 6 nitrogen and oxygen atoms in total. The fourth-order valence-electron chi connectivity index (χ4n) is 3.77. The number of rotatable bonds is 13. The Bertz CT molecular complexity index is 1110. The van der Waals surface area contributed by atoms with Crippen molar-refractivity contribution in [3.05, 3.63) is 95.8 Å². The van der Waals surface area contributed by atoms with Gasteiger partial charge in [0.15, 0.2) is 6.61 Å². The summed E-state index contributed by atoms with van der Waals surface area (Å²) in [7, 11) is 1.57. The van der Waals surface area contributed by atoms with E-state index >= 15 is 0 Å². The zero-order chi connectivity index (χ0) is 25.8. The fraction of sp³-hybridized carbons (Fsp3) is 0.310. The zero-order valence-corrected chi connectivity index (χ0v) is 20.8. The molecular weight excluding hydrogens is 459 g/mol.